The molecule has 31 heavy (non-hydrogen) atoms. The summed E-state index contributed by atoms with van der Waals surface area (Å²) in [5.41, 5.74) is 4.75. The number of ketones is 1. The Kier molecular flexibility index (Phi) is 6.71. The highest BCUT2D eigenvalue weighted by Crippen LogP contribution is 2.38. The number of hydrogen-bond donors (Lipinski definition) is 0. The van der Waals surface area contributed by atoms with Crippen molar-refractivity contribution in [3.63, 3.8) is 0 Å². The summed E-state index contributed by atoms with van der Waals surface area (Å²) in [6.07, 6.45) is 5.80. The fourth-order valence-electron chi connectivity index (χ4n) is 3.95. The number of nitrogens with zero attached hydrogens (tertiary/aromatic N) is 2. The second-order valence-electron chi connectivity index (χ2n) is 8.55. The van der Waals surface area contributed by atoms with Gasteiger partial charge in [-0.2, -0.15) is 5.10 Å². The molecule has 3 nitrogen and oxygen atoms in total. The van der Waals surface area contributed by atoms with Crippen molar-refractivity contribution < 1.29 is 9.18 Å². The van der Waals surface area contributed by atoms with Crippen molar-refractivity contribution in [2.75, 3.05) is 0 Å². The van der Waals surface area contributed by atoms with Gasteiger partial charge < -0.3 is 0 Å². The van der Waals surface area contributed by atoms with E-state index in [1.807, 2.05) is 37.3 Å². The number of carbonyl (C=O) groups excluding carboxylic acids is 1. The number of benzene rings is 2. The zero-order valence-corrected chi connectivity index (χ0v) is 19.7. The maximum Gasteiger partial charge on any atom is 0.185 e. The van der Waals surface area contributed by atoms with Crippen molar-refractivity contribution in [2.45, 2.75) is 57.2 Å². The molecule has 3 aromatic rings. The summed E-state index contributed by atoms with van der Waals surface area (Å²) in [6.45, 7) is 3.96. The average Bonchev–Trinajstić information content (AvgIpc) is 3.52. The van der Waals surface area contributed by atoms with E-state index in [-0.39, 0.29) is 22.8 Å². The van der Waals surface area contributed by atoms with Crippen LogP contribution in [-0.4, -0.2) is 15.6 Å². The normalized spacial score (nSPS) is 14.6. The smallest absolute Gasteiger partial charge is 0.185 e. The Morgan fingerprint density at radius 1 is 1.23 bits per heavy atom. The molecular weight excluding hydrogens is 455 g/mol. The number of aromatic nitrogens is 2. The molecule has 1 fully saturated rings. The van der Waals surface area contributed by atoms with Gasteiger partial charge in [0.05, 0.1) is 11.4 Å². The van der Waals surface area contributed by atoms with E-state index in [0.717, 1.165) is 35.7 Å². The van der Waals surface area contributed by atoms with Gasteiger partial charge in [-0.15, -0.1) is 0 Å². The van der Waals surface area contributed by atoms with Crippen LogP contribution in [0.4, 0.5) is 4.39 Å². The van der Waals surface area contributed by atoms with E-state index in [0.29, 0.717) is 11.3 Å². The molecule has 4 rings (SSSR count). The average molecular weight is 483 g/mol. The summed E-state index contributed by atoms with van der Waals surface area (Å²) in [6, 6.07) is 14.9. The SMILES string of the molecule is CCc1cccc(-n2nc(C)cc2C(=O)Cc2cc(C(Br)CCC3CC3)ccc2F)c1. The van der Waals surface area contributed by atoms with Crippen LogP contribution in [0.15, 0.2) is 48.5 Å². The zero-order chi connectivity index (χ0) is 22.0. The highest BCUT2D eigenvalue weighted by Gasteiger charge is 2.23. The van der Waals surface area contributed by atoms with Gasteiger partial charge in [-0.05, 0) is 73.1 Å². The second kappa shape index (κ2) is 9.47. The molecule has 0 bridgehead atoms. The molecule has 0 aliphatic heterocycles. The molecule has 1 atom stereocenters. The van der Waals surface area contributed by atoms with Crippen molar-refractivity contribution in [1.29, 1.82) is 0 Å². The molecule has 5 heteroatoms. The molecule has 0 N–H and O–H groups in total. The van der Waals surface area contributed by atoms with Gasteiger partial charge in [-0.3, -0.25) is 4.79 Å². The van der Waals surface area contributed by atoms with Crippen LogP contribution in [0.5, 0.6) is 0 Å². The van der Waals surface area contributed by atoms with Gasteiger partial charge in [-0.25, -0.2) is 9.07 Å². The van der Waals surface area contributed by atoms with Crippen LogP contribution in [0.1, 0.15) is 70.3 Å². The molecule has 0 saturated heterocycles. The summed E-state index contributed by atoms with van der Waals surface area (Å²) in [4.78, 5) is 13.4. The number of halogens is 2. The molecular formula is C26H28BrFN2O. The first-order valence-corrected chi connectivity index (χ1v) is 12.0. The van der Waals surface area contributed by atoms with E-state index in [2.05, 4.69) is 34.0 Å². The lowest BCUT2D eigenvalue weighted by Crippen LogP contribution is -2.12. The largest absolute Gasteiger partial charge is 0.292 e. The number of carbonyl (C=O) groups is 1. The first-order chi connectivity index (χ1) is 14.9. The molecule has 2 aromatic carbocycles. The second-order valence-corrected chi connectivity index (χ2v) is 9.65. The Morgan fingerprint density at radius 3 is 2.77 bits per heavy atom. The predicted octanol–water partition coefficient (Wildman–Crippen LogP) is 6.93. The summed E-state index contributed by atoms with van der Waals surface area (Å²) >= 11 is 3.75. The number of Topliss-reactive ketones (excluding diaryl/α,β-unsaturated/α-hetero) is 1. The van der Waals surface area contributed by atoms with Crippen LogP contribution in [0.25, 0.3) is 5.69 Å². The quantitative estimate of drug-likeness (QED) is 0.244. The van der Waals surface area contributed by atoms with E-state index in [9.17, 15) is 9.18 Å². The summed E-state index contributed by atoms with van der Waals surface area (Å²) in [7, 11) is 0. The third-order valence-electron chi connectivity index (χ3n) is 5.99. The molecule has 1 aliphatic carbocycles. The van der Waals surface area contributed by atoms with E-state index >= 15 is 0 Å². The Labute approximate surface area is 191 Å². The monoisotopic (exact) mass is 482 g/mol. The van der Waals surface area contributed by atoms with Crippen LogP contribution < -0.4 is 0 Å². The van der Waals surface area contributed by atoms with Crippen LogP contribution in [-0.2, 0) is 12.8 Å². The van der Waals surface area contributed by atoms with Crippen LogP contribution in [0.3, 0.4) is 0 Å². The highest BCUT2D eigenvalue weighted by atomic mass is 79.9. The van der Waals surface area contributed by atoms with Crippen molar-refractivity contribution in [1.82, 2.24) is 9.78 Å². The van der Waals surface area contributed by atoms with Gasteiger partial charge in [0.15, 0.2) is 5.78 Å². The van der Waals surface area contributed by atoms with Gasteiger partial charge in [0.2, 0.25) is 0 Å². The summed E-state index contributed by atoms with van der Waals surface area (Å²) < 4.78 is 16.3. The molecule has 1 heterocycles. The number of rotatable bonds is 9. The van der Waals surface area contributed by atoms with Gasteiger partial charge in [0, 0.05) is 11.2 Å². The first-order valence-electron chi connectivity index (χ1n) is 11.1. The van der Waals surface area contributed by atoms with E-state index in [4.69, 9.17) is 0 Å². The molecule has 1 saturated carbocycles. The van der Waals surface area contributed by atoms with Crippen LogP contribution >= 0.6 is 15.9 Å². The van der Waals surface area contributed by atoms with E-state index in [1.54, 1.807) is 10.7 Å². The molecule has 1 aliphatic rings. The standard InChI is InChI=1S/C26H28BrFN2O/c1-3-18-5-4-6-22(14-18)30-25(13-17(2)29-30)26(31)16-21-15-20(10-12-24(21)28)23(27)11-9-19-7-8-19/h4-6,10,12-15,19,23H,3,7-9,11,16H2,1-2H3. The van der Waals surface area contributed by atoms with Crippen molar-refractivity contribution in [2.24, 2.45) is 5.92 Å². The van der Waals surface area contributed by atoms with Gasteiger partial charge in [0.1, 0.15) is 11.5 Å². The Bertz CT molecular complexity index is 1090. The Morgan fingerprint density at radius 2 is 2.03 bits per heavy atom. The van der Waals surface area contributed by atoms with Gasteiger partial charge >= 0.3 is 0 Å². The molecule has 0 amide bonds. The topological polar surface area (TPSA) is 34.9 Å². The van der Waals surface area contributed by atoms with Crippen molar-refractivity contribution >= 4 is 21.7 Å². The molecule has 0 spiro atoms. The van der Waals surface area contributed by atoms with Gasteiger partial charge in [0.25, 0.3) is 0 Å². The maximum absolute atomic E-state index is 14.6. The minimum atomic E-state index is -0.338. The number of alkyl halides is 1. The van der Waals surface area contributed by atoms with Crippen molar-refractivity contribution in [3.8, 4) is 5.69 Å². The lowest BCUT2D eigenvalue weighted by atomic mass is 10.00. The first kappa shape index (κ1) is 21.9. The zero-order valence-electron chi connectivity index (χ0n) is 18.1. The lowest BCUT2D eigenvalue weighted by Gasteiger charge is -2.13. The van der Waals surface area contributed by atoms with Gasteiger partial charge in [-0.1, -0.05) is 60.0 Å². The molecule has 1 unspecified atom stereocenters. The number of aryl methyl sites for hydroxylation is 2. The fourth-order valence-corrected chi connectivity index (χ4v) is 4.50. The van der Waals surface area contributed by atoms with Crippen LogP contribution in [0.2, 0.25) is 0 Å². The highest BCUT2D eigenvalue weighted by molar-refractivity contribution is 9.09. The summed E-state index contributed by atoms with van der Waals surface area (Å²) in [5, 5.41) is 4.53. The minimum absolute atomic E-state index is 0.0145. The fraction of sp³-hybridized carbons (Fsp3) is 0.385. The van der Waals surface area contributed by atoms with Crippen molar-refractivity contribution in [3.05, 3.63) is 82.4 Å². The predicted molar refractivity (Wildman–Crippen MR) is 126 cm³/mol. The van der Waals surface area contributed by atoms with Crippen LogP contribution in [0, 0.1) is 18.7 Å². The molecule has 162 valence electrons. The molecule has 0 radical (unpaired) electrons. The Hall–Kier alpha value is -2.27. The summed E-state index contributed by atoms with van der Waals surface area (Å²) in [5.74, 6) is 0.383. The number of hydrogen-bond acceptors (Lipinski definition) is 2. The Balaban J connectivity index is 1.56. The third kappa shape index (κ3) is 5.32. The van der Waals surface area contributed by atoms with E-state index < -0.39 is 0 Å². The molecule has 1 aromatic heterocycles. The van der Waals surface area contributed by atoms with E-state index in [1.165, 1.54) is 30.9 Å². The minimum Gasteiger partial charge on any atom is -0.292 e. The third-order valence-corrected chi connectivity index (χ3v) is 6.97. The maximum atomic E-state index is 14.6. The lowest BCUT2D eigenvalue weighted by molar-refractivity contribution is 0.0984.